The number of nitrogens with one attached hydrogen (secondary N) is 1. The van der Waals surface area contributed by atoms with Crippen molar-refractivity contribution in [3.63, 3.8) is 0 Å². The number of hydrogen-bond donors (Lipinski definition) is 1. The molecule has 1 aromatic heterocycles. The Morgan fingerprint density at radius 2 is 1.83 bits per heavy atom. The molecule has 0 radical (unpaired) electrons. The highest BCUT2D eigenvalue weighted by Gasteiger charge is 2.24. The van der Waals surface area contributed by atoms with Gasteiger partial charge in [0.15, 0.2) is 0 Å². The second kappa shape index (κ2) is 6.09. The van der Waals surface area contributed by atoms with Gasteiger partial charge >= 0.3 is 0 Å². The van der Waals surface area contributed by atoms with Crippen LogP contribution in [0.3, 0.4) is 0 Å². The van der Waals surface area contributed by atoms with E-state index in [0.29, 0.717) is 11.0 Å². The van der Waals surface area contributed by atoms with Gasteiger partial charge in [-0.3, -0.25) is 0 Å². The lowest BCUT2D eigenvalue weighted by molar-refractivity contribution is 0.586. The molecular formula is C18H16ClN5. The zero-order valence-electron chi connectivity index (χ0n) is 13.1. The van der Waals surface area contributed by atoms with Crippen molar-refractivity contribution in [2.24, 2.45) is 0 Å². The molecule has 24 heavy (non-hydrogen) atoms. The molecule has 5 nitrogen and oxygen atoms in total. The summed E-state index contributed by atoms with van der Waals surface area (Å²) in [6.07, 6.45) is 3.16. The third-order valence-corrected chi connectivity index (χ3v) is 4.46. The average Bonchev–Trinajstić information content (AvgIpc) is 3.10. The lowest BCUT2D eigenvalue weighted by atomic mass is 10.0. The van der Waals surface area contributed by atoms with Crippen molar-refractivity contribution in [3.8, 4) is 0 Å². The number of anilines is 1. The Hall–Kier alpha value is -2.66. The summed E-state index contributed by atoms with van der Waals surface area (Å²) in [5.41, 5.74) is 4.51. The number of rotatable bonds is 3. The van der Waals surface area contributed by atoms with E-state index in [4.69, 9.17) is 11.6 Å². The highest BCUT2D eigenvalue weighted by molar-refractivity contribution is 6.30. The largest absolute Gasteiger partial charge is 0.323 e. The maximum Gasteiger partial charge on any atom is 0.248 e. The van der Waals surface area contributed by atoms with Gasteiger partial charge in [0.05, 0.1) is 0 Å². The van der Waals surface area contributed by atoms with E-state index in [2.05, 4.69) is 58.1 Å². The summed E-state index contributed by atoms with van der Waals surface area (Å²) in [4.78, 5) is 0. The predicted molar refractivity (Wildman–Crippen MR) is 94.8 cm³/mol. The van der Waals surface area contributed by atoms with Crippen LogP contribution in [0.1, 0.15) is 29.7 Å². The molecule has 0 unspecified atom stereocenters. The second-order valence-electron chi connectivity index (χ2n) is 5.70. The fourth-order valence-electron chi connectivity index (χ4n) is 2.84. The maximum atomic E-state index is 6.01. The van der Waals surface area contributed by atoms with Crippen LogP contribution in [0.5, 0.6) is 0 Å². The highest BCUT2D eigenvalue weighted by Crippen LogP contribution is 2.32. The number of aryl methyl sites for hydroxylation is 1. The van der Waals surface area contributed by atoms with Crippen molar-refractivity contribution in [1.29, 1.82) is 0 Å². The standard InChI is InChI=1S/C18H16ClN5/c1-2-12-3-5-13(6-4-12)16-11-17(14-7-9-15(19)10-8-14)24-18(20-16)21-22-23-24/h3-11,17H,2H2,1H3,(H,20,21,23)/t17-/m0/s1. The van der Waals surface area contributed by atoms with E-state index in [0.717, 1.165) is 23.2 Å². The van der Waals surface area contributed by atoms with Gasteiger partial charge in [0, 0.05) is 10.7 Å². The van der Waals surface area contributed by atoms with Gasteiger partial charge in [0.25, 0.3) is 0 Å². The van der Waals surface area contributed by atoms with Crippen molar-refractivity contribution < 1.29 is 0 Å². The SMILES string of the molecule is CCc1ccc(C2=C[C@@H](c3ccc(Cl)cc3)n3nnnc3N2)cc1. The first-order chi connectivity index (χ1) is 11.7. The molecule has 2 heterocycles. The van der Waals surface area contributed by atoms with Crippen molar-refractivity contribution in [1.82, 2.24) is 20.2 Å². The lowest BCUT2D eigenvalue weighted by Gasteiger charge is -2.23. The zero-order valence-corrected chi connectivity index (χ0v) is 13.9. The maximum absolute atomic E-state index is 6.01. The minimum absolute atomic E-state index is 0.0747. The predicted octanol–water partition coefficient (Wildman–Crippen LogP) is 3.94. The van der Waals surface area contributed by atoms with Crippen LogP contribution in [0.2, 0.25) is 5.02 Å². The van der Waals surface area contributed by atoms with Gasteiger partial charge in [-0.1, -0.05) is 60.0 Å². The van der Waals surface area contributed by atoms with E-state index < -0.39 is 0 Å². The van der Waals surface area contributed by atoms with Crippen LogP contribution in [-0.4, -0.2) is 20.2 Å². The third kappa shape index (κ3) is 2.67. The molecule has 1 aliphatic rings. The molecule has 6 heteroatoms. The van der Waals surface area contributed by atoms with Crippen LogP contribution in [0.15, 0.2) is 54.6 Å². The second-order valence-corrected chi connectivity index (χ2v) is 6.14. The number of hydrogen-bond acceptors (Lipinski definition) is 4. The van der Waals surface area contributed by atoms with E-state index in [1.54, 1.807) is 4.68 Å². The number of aromatic nitrogens is 4. The normalized spacial score (nSPS) is 16.2. The quantitative estimate of drug-likeness (QED) is 0.786. The van der Waals surface area contributed by atoms with Crippen LogP contribution < -0.4 is 5.32 Å². The number of allylic oxidation sites excluding steroid dienone is 1. The summed E-state index contributed by atoms with van der Waals surface area (Å²) >= 11 is 6.01. The van der Waals surface area contributed by atoms with Crippen LogP contribution in [0.4, 0.5) is 5.95 Å². The van der Waals surface area contributed by atoms with Gasteiger partial charge in [0.2, 0.25) is 5.95 Å². The zero-order chi connectivity index (χ0) is 16.5. The van der Waals surface area contributed by atoms with Crippen LogP contribution in [0, 0.1) is 0 Å². The van der Waals surface area contributed by atoms with Crippen LogP contribution >= 0.6 is 11.6 Å². The van der Waals surface area contributed by atoms with E-state index in [-0.39, 0.29) is 6.04 Å². The molecule has 0 fully saturated rings. The summed E-state index contributed by atoms with van der Waals surface area (Å²) in [5.74, 6) is 0.631. The number of fused-ring (bicyclic) bond motifs is 1. The Balaban J connectivity index is 1.76. The lowest BCUT2D eigenvalue weighted by Crippen LogP contribution is -2.20. The topological polar surface area (TPSA) is 55.6 Å². The highest BCUT2D eigenvalue weighted by atomic mass is 35.5. The average molecular weight is 338 g/mol. The fraction of sp³-hybridized carbons (Fsp3) is 0.167. The molecule has 120 valence electrons. The number of tetrazole rings is 1. The van der Waals surface area contributed by atoms with Crippen molar-refractivity contribution in [3.05, 3.63) is 76.3 Å². The van der Waals surface area contributed by atoms with Gasteiger partial charge in [0.1, 0.15) is 6.04 Å². The van der Waals surface area contributed by atoms with E-state index in [1.165, 1.54) is 5.56 Å². The molecule has 1 atom stereocenters. The molecule has 4 rings (SSSR count). The number of benzene rings is 2. The molecule has 0 aliphatic carbocycles. The van der Waals surface area contributed by atoms with Crippen molar-refractivity contribution in [2.45, 2.75) is 19.4 Å². The number of nitrogens with zero attached hydrogens (tertiary/aromatic N) is 4. The van der Waals surface area contributed by atoms with Crippen LogP contribution in [0.25, 0.3) is 5.70 Å². The molecule has 2 aromatic carbocycles. The van der Waals surface area contributed by atoms with Crippen molar-refractivity contribution >= 4 is 23.2 Å². The summed E-state index contributed by atoms with van der Waals surface area (Å²) in [6.45, 7) is 2.15. The monoisotopic (exact) mass is 337 g/mol. The first kappa shape index (κ1) is 14.9. The Bertz CT molecular complexity index is 881. The Kier molecular flexibility index (Phi) is 3.78. The Morgan fingerprint density at radius 1 is 1.08 bits per heavy atom. The van der Waals surface area contributed by atoms with E-state index in [1.807, 2.05) is 24.3 Å². The molecule has 3 aromatic rings. The first-order valence-corrected chi connectivity index (χ1v) is 8.24. The minimum Gasteiger partial charge on any atom is -0.323 e. The third-order valence-electron chi connectivity index (χ3n) is 4.21. The van der Waals surface area contributed by atoms with Crippen LogP contribution in [-0.2, 0) is 6.42 Å². The molecule has 1 aliphatic heterocycles. The smallest absolute Gasteiger partial charge is 0.248 e. The Labute approximate surface area is 145 Å². The van der Waals surface area contributed by atoms with Crippen molar-refractivity contribution in [2.75, 3.05) is 5.32 Å². The molecule has 0 saturated carbocycles. The summed E-state index contributed by atoms with van der Waals surface area (Å²) in [5, 5.41) is 16.0. The first-order valence-electron chi connectivity index (χ1n) is 7.86. The molecule has 0 saturated heterocycles. The van der Waals surface area contributed by atoms with Gasteiger partial charge in [-0.2, -0.15) is 4.68 Å². The molecule has 0 spiro atoms. The van der Waals surface area contributed by atoms with Gasteiger partial charge in [-0.15, -0.1) is 0 Å². The van der Waals surface area contributed by atoms with Gasteiger partial charge < -0.3 is 5.32 Å². The molecule has 0 amide bonds. The fourth-order valence-corrected chi connectivity index (χ4v) is 2.97. The Morgan fingerprint density at radius 3 is 2.54 bits per heavy atom. The molecule has 0 bridgehead atoms. The summed E-state index contributed by atoms with van der Waals surface area (Å²) in [6, 6.07) is 16.2. The van der Waals surface area contributed by atoms with E-state index in [9.17, 15) is 0 Å². The minimum atomic E-state index is -0.0747. The molecular weight excluding hydrogens is 322 g/mol. The van der Waals surface area contributed by atoms with Gasteiger partial charge in [-0.25, -0.2) is 0 Å². The summed E-state index contributed by atoms with van der Waals surface area (Å²) in [7, 11) is 0. The molecule has 1 N–H and O–H groups in total. The van der Waals surface area contributed by atoms with Gasteiger partial charge in [-0.05, 0) is 51.7 Å². The van der Waals surface area contributed by atoms with E-state index >= 15 is 0 Å². The number of halogens is 1. The summed E-state index contributed by atoms with van der Waals surface area (Å²) < 4.78 is 1.77.